The summed E-state index contributed by atoms with van der Waals surface area (Å²) < 4.78 is 0. The number of hydrogen-bond donors (Lipinski definition) is 3. The van der Waals surface area contributed by atoms with Gasteiger partial charge in [0.15, 0.2) is 0 Å². The van der Waals surface area contributed by atoms with Gasteiger partial charge in [-0.3, -0.25) is 0 Å². The van der Waals surface area contributed by atoms with Gasteiger partial charge in [-0.25, -0.2) is 4.79 Å². The molecule has 0 fully saturated rings. The minimum Gasteiger partial charge on any atom is -0.478 e. The lowest BCUT2D eigenvalue weighted by Crippen LogP contribution is -2.32. The highest BCUT2D eigenvalue weighted by Gasteiger charge is 2.19. The van der Waals surface area contributed by atoms with Crippen LogP contribution in [0.2, 0.25) is 0 Å². The van der Waals surface area contributed by atoms with Gasteiger partial charge in [-0.2, -0.15) is 0 Å². The van der Waals surface area contributed by atoms with Crippen molar-refractivity contribution in [2.75, 3.05) is 11.1 Å². The van der Waals surface area contributed by atoms with Gasteiger partial charge in [0.2, 0.25) is 0 Å². The zero-order chi connectivity index (χ0) is 13.1. The largest absolute Gasteiger partial charge is 0.478 e. The number of carboxylic acid groups (broad SMARTS) is 1. The number of nitrogens with one attached hydrogen (secondary N) is 1. The van der Waals surface area contributed by atoms with Gasteiger partial charge in [0, 0.05) is 16.9 Å². The first-order chi connectivity index (χ1) is 7.91. The summed E-state index contributed by atoms with van der Waals surface area (Å²) >= 11 is 0. The monoisotopic (exact) mass is 236 g/mol. The number of anilines is 2. The van der Waals surface area contributed by atoms with E-state index in [0.717, 1.165) is 18.5 Å². The number of nitrogen functional groups attached to an aromatic ring is 1. The van der Waals surface area contributed by atoms with Crippen molar-refractivity contribution < 1.29 is 9.90 Å². The fraction of sp³-hybridized carbons (Fsp3) is 0.462. The number of benzene rings is 1. The molecule has 0 aliphatic rings. The molecule has 94 valence electrons. The van der Waals surface area contributed by atoms with E-state index in [4.69, 9.17) is 10.8 Å². The number of hydrogen-bond acceptors (Lipinski definition) is 3. The van der Waals surface area contributed by atoms with Gasteiger partial charge in [0.25, 0.3) is 0 Å². The van der Waals surface area contributed by atoms with Gasteiger partial charge >= 0.3 is 5.97 Å². The van der Waals surface area contributed by atoms with E-state index in [-0.39, 0.29) is 16.8 Å². The summed E-state index contributed by atoms with van der Waals surface area (Å²) in [4.78, 5) is 10.8. The molecular weight excluding hydrogens is 216 g/mol. The Balaban J connectivity index is 2.95. The van der Waals surface area contributed by atoms with Crippen LogP contribution >= 0.6 is 0 Å². The molecule has 0 unspecified atom stereocenters. The van der Waals surface area contributed by atoms with E-state index in [1.807, 2.05) is 0 Å². The maximum absolute atomic E-state index is 10.8. The molecule has 0 saturated carbocycles. The molecule has 1 aromatic rings. The van der Waals surface area contributed by atoms with Crippen molar-refractivity contribution in [2.24, 2.45) is 0 Å². The molecule has 0 radical (unpaired) electrons. The number of nitrogens with two attached hydrogens (primary N) is 1. The zero-order valence-corrected chi connectivity index (χ0v) is 10.6. The van der Waals surface area contributed by atoms with Crippen molar-refractivity contribution in [3.05, 3.63) is 23.8 Å². The first kappa shape index (κ1) is 13.4. The zero-order valence-electron chi connectivity index (χ0n) is 10.6. The first-order valence-electron chi connectivity index (χ1n) is 5.83. The fourth-order valence-corrected chi connectivity index (χ4v) is 1.61. The highest BCUT2D eigenvalue weighted by molar-refractivity contribution is 5.94. The quantitative estimate of drug-likeness (QED) is 0.687. The third-order valence-corrected chi connectivity index (χ3v) is 3.29. The maximum Gasteiger partial charge on any atom is 0.337 e. The molecule has 17 heavy (non-hydrogen) atoms. The summed E-state index contributed by atoms with van der Waals surface area (Å²) in [5.74, 6) is -0.997. The van der Waals surface area contributed by atoms with Gasteiger partial charge in [-0.05, 0) is 38.0 Å². The minimum absolute atomic E-state index is 0.0111. The smallest absolute Gasteiger partial charge is 0.337 e. The van der Waals surface area contributed by atoms with Crippen molar-refractivity contribution in [3.63, 3.8) is 0 Å². The Labute approximate surface area is 102 Å². The molecular formula is C13H20N2O2. The summed E-state index contributed by atoms with van der Waals surface area (Å²) in [5.41, 5.74) is 7.01. The van der Waals surface area contributed by atoms with Crippen molar-refractivity contribution in [1.29, 1.82) is 0 Å². The molecule has 4 heteroatoms. The number of carbonyl (C=O) groups is 1. The van der Waals surface area contributed by atoms with E-state index in [9.17, 15) is 4.79 Å². The molecule has 4 N–H and O–H groups in total. The van der Waals surface area contributed by atoms with Crippen LogP contribution in [0.4, 0.5) is 11.4 Å². The van der Waals surface area contributed by atoms with Crippen LogP contribution in [0.15, 0.2) is 18.2 Å². The molecule has 0 atom stereocenters. The third-order valence-electron chi connectivity index (χ3n) is 3.29. The molecule has 0 amide bonds. The number of rotatable bonds is 5. The van der Waals surface area contributed by atoms with E-state index in [1.54, 1.807) is 12.1 Å². The Morgan fingerprint density at radius 2 is 2.00 bits per heavy atom. The van der Waals surface area contributed by atoms with Gasteiger partial charge < -0.3 is 16.2 Å². The minimum atomic E-state index is -0.997. The van der Waals surface area contributed by atoms with E-state index in [2.05, 4.69) is 26.1 Å². The second-order valence-corrected chi connectivity index (χ2v) is 4.50. The average molecular weight is 236 g/mol. The number of aromatic carboxylic acids is 1. The Morgan fingerprint density at radius 3 is 2.41 bits per heavy atom. The van der Waals surface area contributed by atoms with Crippen LogP contribution in [0, 0.1) is 0 Å². The normalized spacial score (nSPS) is 11.2. The molecule has 1 aromatic carbocycles. The average Bonchev–Trinajstić information content (AvgIpc) is 2.28. The third kappa shape index (κ3) is 3.12. The van der Waals surface area contributed by atoms with Gasteiger partial charge in [0.05, 0.1) is 5.56 Å². The topological polar surface area (TPSA) is 75.3 Å². The molecule has 0 saturated heterocycles. The molecule has 0 aromatic heterocycles. The Morgan fingerprint density at radius 1 is 1.41 bits per heavy atom. The molecule has 0 aliphatic heterocycles. The Bertz CT molecular complexity index is 412. The van der Waals surface area contributed by atoms with E-state index in [0.29, 0.717) is 0 Å². The lowest BCUT2D eigenvalue weighted by molar-refractivity contribution is 0.0698. The lowest BCUT2D eigenvalue weighted by atomic mass is 9.95. The van der Waals surface area contributed by atoms with Crippen LogP contribution in [-0.2, 0) is 0 Å². The summed E-state index contributed by atoms with van der Waals surface area (Å²) in [7, 11) is 0. The lowest BCUT2D eigenvalue weighted by Gasteiger charge is -2.29. The molecule has 0 bridgehead atoms. The van der Waals surface area contributed by atoms with Crippen molar-refractivity contribution in [1.82, 2.24) is 0 Å². The van der Waals surface area contributed by atoms with E-state index in [1.165, 1.54) is 6.07 Å². The summed E-state index contributed by atoms with van der Waals surface area (Å²) in [6, 6.07) is 4.96. The summed E-state index contributed by atoms with van der Waals surface area (Å²) in [6.45, 7) is 6.37. The fourth-order valence-electron chi connectivity index (χ4n) is 1.61. The molecule has 4 nitrogen and oxygen atoms in total. The molecule has 0 heterocycles. The highest BCUT2D eigenvalue weighted by Crippen LogP contribution is 2.24. The first-order valence-corrected chi connectivity index (χ1v) is 5.83. The Hall–Kier alpha value is -1.71. The van der Waals surface area contributed by atoms with Crippen LogP contribution in [0.25, 0.3) is 0 Å². The van der Waals surface area contributed by atoms with Crippen molar-refractivity contribution >= 4 is 17.3 Å². The van der Waals surface area contributed by atoms with E-state index < -0.39 is 5.97 Å². The summed E-state index contributed by atoms with van der Waals surface area (Å²) in [6.07, 6.45) is 1.98. The Kier molecular flexibility index (Phi) is 3.99. The SMILES string of the molecule is CCC(C)(CC)Nc1ccc(C(=O)O)c(N)c1. The van der Waals surface area contributed by atoms with Crippen LogP contribution in [0.5, 0.6) is 0 Å². The van der Waals surface area contributed by atoms with Crippen molar-refractivity contribution in [3.8, 4) is 0 Å². The van der Waals surface area contributed by atoms with E-state index >= 15 is 0 Å². The number of carboxylic acids is 1. The summed E-state index contributed by atoms with van der Waals surface area (Å²) in [5, 5.41) is 12.3. The second-order valence-electron chi connectivity index (χ2n) is 4.50. The standard InChI is InChI=1S/C13H20N2O2/c1-4-13(3,5-2)15-9-6-7-10(12(16)17)11(14)8-9/h6-8,15H,4-5,14H2,1-3H3,(H,16,17). The highest BCUT2D eigenvalue weighted by atomic mass is 16.4. The predicted octanol–water partition coefficient (Wildman–Crippen LogP) is 2.96. The maximum atomic E-state index is 10.8. The van der Waals surface area contributed by atoms with Crippen LogP contribution in [0.3, 0.4) is 0 Å². The van der Waals surface area contributed by atoms with Crippen molar-refractivity contribution in [2.45, 2.75) is 39.2 Å². The van der Waals surface area contributed by atoms with Gasteiger partial charge in [-0.15, -0.1) is 0 Å². The predicted molar refractivity (Wildman–Crippen MR) is 70.4 cm³/mol. The molecule has 1 rings (SSSR count). The van der Waals surface area contributed by atoms with Crippen LogP contribution in [0.1, 0.15) is 44.0 Å². The van der Waals surface area contributed by atoms with Gasteiger partial charge in [-0.1, -0.05) is 13.8 Å². The molecule has 0 spiro atoms. The van der Waals surface area contributed by atoms with Gasteiger partial charge in [0.1, 0.15) is 0 Å². The van der Waals surface area contributed by atoms with Crippen LogP contribution in [-0.4, -0.2) is 16.6 Å². The van der Waals surface area contributed by atoms with Crippen LogP contribution < -0.4 is 11.1 Å². The second kappa shape index (κ2) is 5.08. The molecule has 0 aliphatic carbocycles.